The largest absolute Gasteiger partial charge is 0.375 e. The first kappa shape index (κ1) is 17.4. The zero-order chi connectivity index (χ0) is 16.5. The lowest BCUT2D eigenvalue weighted by molar-refractivity contribution is -0.121. The second kappa shape index (κ2) is 9.25. The molecule has 0 bridgehead atoms. The van der Waals surface area contributed by atoms with Gasteiger partial charge in [0, 0.05) is 18.9 Å². The Morgan fingerprint density at radius 1 is 1.17 bits per heavy atom. The second-order valence-electron chi connectivity index (χ2n) is 5.80. The Labute approximate surface area is 142 Å². The Hall–Kier alpha value is -1.95. The molecule has 6 heteroatoms. The summed E-state index contributed by atoms with van der Waals surface area (Å²) in [6.45, 7) is 0. The quantitative estimate of drug-likeness (QED) is 0.425. The van der Waals surface area contributed by atoms with Crippen LogP contribution in [0.25, 0.3) is 0 Å². The molecule has 1 aliphatic rings. The van der Waals surface area contributed by atoms with E-state index in [0.29, 0.717) is 18.9 Å². The fourth-order valence-electron chi connectivity index (χ4n) is 2.80. The molecule has 0 aromatic heterocycles. The highest BCUT2D eigenvalue weighted by atomic mass is 32.1. The van der Waals surface area contributed by atoms with Crippen molar-refractivity contribution in [2.24, 2.45) is 10.8 Å². The summed E-state index contributed by atoms with van der Waals surface area (Å²) in [6, 6.07) is 10.1. The van der Waals surface area contributed by atoms with Gasteiger partial charge >= 0.3 is 0 Å². The summed E-state index contributed by atoms with van der Waals surface area (Å²) < 4.78 is 0. The van der Waals surface area contributed by atoms with Crippen molar-refractivity contribution < 1.29 is 4.79 Å². The van der Waals surface area contributed by atoms with Crippen LogP contribution in [0.1, 0.15) is 50.5 Å². The van der Waals surface area contributed by atoms with Crippen LogP contribution in [0.5, 0.6) is 0 Å². The second-order valence-corrected chi connectivity index (χ2v) is 6.24. The van der Waals surface area contributed by atoms with Crippen molar-refractivity contribution in [3.05, 3.63) is 35.9 Å². The lowest BCUT2D eigenvalue weighted by atomic mass is 9.95. The predicted octanol–water partition coefficient (Wildman–Crippen LogP) is 2.45. The molecule has 0 radical (unpaired) electrons. The Balaban J connectivity index is 1.91. The van der Waals surface area contributed by atoms with Crippen molar-refractivity contribution in [3.8, 4) is 0 Å². The van der Waals surface area contributed by atoms with E-state index in [0.717, 1.165) is 24.1 Å². The molecule has 1 aromatic carbocycles. The Morgan fingerprint density at radius 3 is 2.52 bits per heavy atom. The number of hydrazone groups is 1. The van der Waals surface area contributed by atoms with Crippen LogP contribution in [0.3, 0.4) is 0 Å². The van der Waals surface area contributed by atoms with Gasteiger partial charge in [-0.2, -0.15) is 5.10 Å². The van der Waals surface area contributed by atoms with Crippen molar-refractivity contribution in [1.82, 2.24) is 10.7 Å². The molecule has 1 amide bonds. The molecule has 0 unspecified atom stereocenters. The predicted molar refractivity (Wildman–Crippen MR) is 97.1 cm³/mol. The van der Waals surface area contributed by atoms with Crippen molar-refractivity contribution in [2.45, 2.75) is 51.0 Å². The van der Waals surface area contributed by atoms with Crippen molar-refractivity contribution in [2.75, 3.05) is 0 Å². The van der Waals surface area contributed by atoms with Gasteiger partial charge in [0.1, 0.15) is 0 Å². The average molecular weight is 332 g/mol. The van der Waals surface area contributed by atoms with Crippen molar-refractivity contribution in [1.29, 1.82) is 0 Å². The Kier molecular flexibility index (Phi) is 7.00. The maximum atomic E-state index is 12.1. The number of hydrogen-bond acceptors (Lipinski definition) is 3. The number of rotatable bonds is 6. The summed E-state index contributed by atoms with van der Waals surface area (Å²) >= 11 is 4.79. The first-order chi connectivity index (χ1) is 11.1. The number of nitrogens with one attached hydrogen (secondary N) is 2. The minimum Gasteiger partial charge on any atom is -0.375 e. The van der Waals surface area contributed by atoms with Crippen LogP contribution >= 0.6 is 12.2 Å². The van der Waals surface area contributed by atoms with Gasteiger partial charge in [-0.05, 0) is 30.6 Å². The molecule has 5 nitrogen and oxygen atoms in total. The molecule has 2 rings (SSSR count). The van der Waals surface area contributed by atoms with Gasteiger partial charge in [-0.25, -0.2) is 0 Å². The van der Waals surface area contributed by atoms with Crippen LogP contribution in [0.4, 0.5) is 0 Å². The number of amides is 1. The topological polar surface area (TPSA) is 79.5 Å². The molecule has 23 heavy (non-hydrogen) atoms. The Morgan fingerprint density at radius 2 is 1.87 bits per heavy atom. The highest BCUT2D eigenvalue weighted by Crippen LogP contribution is 2.17. The summed E-state index contributed by atoms with van der Waals surface area (Å²) in [7, 11) is 0. The molecule has 4 N–H and O–H groups in total. The molecule has 0 spiro atoms. The van der Waals surface area contributed by atoms with E-state index in [1.165, 1.54) is 19.3 Å². The van der Waals surface area contributed by atoms with Crippen LogP contribution in [-0.2, 0) is 4.79 Å². The standard InChI is InChI=1S/C17H24N4OS/c18-17(23)21-20-15(13-7-3-1-4-8-13)11-12-16(22)19-14-9-5-2-6-10-14/h1,3-4,7-8,14H,2,5-6,9-12H2,(H,19,22)(H3,18,21,23)/b20-15+. The minimum absolute atomic E-state index is 0.0795. The number of nitrogens with zero attached hydrogens (tertiary/aromatic N) is 1. The average Bonchev–Trinajstić information content (AvgIpc) is 2.56. The third-order valence-electron chi connectivity index (χ3n) is 3.97. The van der Waals surface area contributed by atoms with Crippen molar-refractivity contribution in [3.63, 3.8) is 0 Å². The maximum Gasteiger partial charge on any atom is 0.220 e. The van der Waals surface area contributed by atoms with Crippen LogP contribution in [0.15, 0.2) is 35.4 Å². The molecular weight excluding hydrogens is 308 g/mol. The first-order valence-electron chi connectivity index (χ1n) is 8.12. The van der Waals surface area contributed by atoms with E-state index in [-0.39, 0.29) is 11.0 Å². The molecule has 1 aliphatic carbocycles. The number of carbonyl (C=O) groups is 1. The SMILES string of the molecule is NC(=S)N/N=C(\CCC(=O)NC1CCCCC1)c1ccccc1. The first-order valence-corrected chi connectivity index (χ1v) is 8.53. The number of hydrogen-bond donors (Lipinski definition) is 3. The molecular formula is C17H24N4OS. The van der Waals surface area contributed by atoms with E-state index in [2.05, 4.69) is 15.8 Å². The zero-order valence-electron chi connectivity index (χ0n) is 13.3. The molecule has 0 aliphatic heterocycles. The fraction of sp³-hybridized carbons (Fsp3) is 0.471. The van der Waals surface area contributed by atoms with E-state index in [1.807, 2.05) is 30.3 Å². The fourth-order valence-corrected chi connectivity index (χ4v) is 2.84. The molecule has 0 heterocycles. The Bertz CT molecular complexity index is 553. The molecule has 0 saturated heterocycles. The number of thiocarbonyl (C=S) groups is 1. The highest BCUT2D eigenvalue weighted by molar-refractivity contribution is 7.80. The number of carbonyl (C=O) groups excluding carboxylic acids is 1. The lowest BCUT2D eigenvalue weighted by Crippen LogP contribution is -2.36. The summed E-state index contributed by atoms with van der Waals surface area (Å²) in [5.74, 6) is 0.0795. The third-order valence-corrected chi connectivity index (χ3v) is 4.06. The molecule has 0 atom stereocenters. The number of nitrogens with two attached hydrogens (primary N) is 1. The zero-order valence-corrected chi connectivity index (χ0v) is 14.1. The van der Waals surface area contributed by atoms with Gasteiger partial charge in [0.25, 0.3) is 0 Å². The lowest BCUT2D eigenvalue weighted by Gasteiger charge is -2.22. The van der Waals surface area contributed by atoms with Gasteiger partial charge in [0.15, 0.2) is 5.11 Å². The van der Waals surface area contributed by atoms with Crippen LogP contribution in [0, 0.1) is 0 Å². The van der Waals surface area contributed by atoms with Crippen LogP contribution in [0.2, 0.25) is 0 Å². The summed E-state index contributed by atoms with van der Waals surface area (Å²) in [6.07, 6.45) is 6.82. The molecule has 1 aromatic rings. The van der Waals surface area contributed by atoms with E-state index in [1.54, 1.807) is 0 Å². The van der Waals surface area contributed by atoms with Crippen molar-refractivity contribution >= 4 is 28.9 Å². The maximum absolute atomic E-state index is 12.1. The third kappa shape index (κ3) is 6.36. The van der Waals surface area contributed by atoms with Crippen LogP contribution < -0.4 is 16.5 Å². The summed E-state index contributed by atoms with van der Waals surface area (Å²) in [5.41, 5.74) is 9.78. The number of benzene rings is 1. The van der Waals surface area contributed by atoms with E-state index >= 15 is 0 Å². The van der Waals surface area contributed by atoms with E-state index < -0.39 is 0 Å². The minimum atomic E-state index is 0.0795. The van der Waals surface area contributed by atoms with Gasteiger partial charge in [0.05, 0.1) is 5.71 Å². The molecule has 1 fully saturated rings. The summed E-state index contributed by atoms with van der Waals surface area (Å²) in [4.78, 5) is 12.1. The highest BCUT2D eigenvalue weighted by Gasteiger charge is 2.16. The normalized spacial score (nSPS) is 15.9. The van der Waals surface area contributed by atoms with E-state index in [9.17, 15) is 4.79 Å². The van der Waals surface area contributed by atoms with Gasteiger partial charge in [-0.1, -0.05) is 49.6 Å². The summed E-state index contributed by atoms with van der Waals surface area (Å²) in [5, 5.41) is 7.47. The van der Waals surface area contributed by atoms with Gasteiger partial charge < -0.3 is 11.1 Å². The van der Waals surface area contributed by atoms with Gasteiger partial charge in [-0.15, -0.1) is 0 Å². The van der Waals surface area contributed by atoms with Crippen LogP contribution in [-0.4, -0.2) is 22.8 Å². The van der Waals surface area contributed by atoms with E-state index in [4.69, 9.17) is 18.0 Å². The van der Waals surface area contributed by atoms with Gasteiger partial charge in [0.2, 0.25) is 5.91 Å². The smallest absolute Gasteiger partial charge is 0.220 e. The molecule has 124 valence electrons. The van der Waals surface area contributed by atoms with Gasteiger partial charge in [-0.3, -0.25) is 10.2 Å². The molecule has 1 saturated carbocycles. The monoisotopic (exact) mass is 332 g/mol.